The molecule has 1 atom stereocenters. The van der Waals surface area contributed by atoms with Crippen molar-refractivity contribution in [3.8, 4) is 11.8 Å². The first-order chi connectivity index (χ1) is 9.10. The van der Waals surface area contributed by atoms with Gasteiger partial charge in [-0.05, 0) is 18.2 Å². The molecule has 1 aliphatic heterocycles. The van der Waals surface area contributed by atoms with E-state index in [2.05, 4.69) is 0 Å². The highest BCUT2D eigenvalue weighted by Gasteiger charge is 2.34. The molecule has 0 aromatic heterocycles. The molecule has 1 amide bonds. The topological polar surface area (TPSA) is 90.6 Å². The lowest BCUT2D eigenvalue weighted by Gasteiger charge is -2.15. The van der Waals surface area contributed by atoms with Gasteiger partial charge in [-0.15, -0.1) is 0 Å². The molecule has 0 aliphatic carbocycles. The number of carboxylic acid groups (broad SMARTS) is 1. The predicted octanol–water partition coefficient (Wildman–Crippen LogP) is 0.623. The molecule has 1 aromatic rings. The molecule has 1 N–H and O–H groups in total. The summed E-state index contributed by atoms with van der Waals surface area (Å²) in [5, 5.41) is 17.4. The van der Waals surface area contributed by atoms with E-state index in [1.807, 2.05) is 6.07 Å². The van der Waals surface area contributed by atoms with E-state index >= 15 is 0 Å². The number of amides is 1. The molecule has 98 valence electrons. The van der Waals surface area contributed by atoms with Gasteiger partial charge in [-0.1, -0.05) is 6.07 Å². The third-order valence-electron chi connectivity index (χ3n) is 2.82. The zero-order chi connectivity index (χ0) is 13.8. The molecule has 1 heterocycles. The molecule has 19 heavy (non-hydrogen) atoms. The van der Waals surface area contributed by atoms with E-state index in [-0.39, 0.29) is 12.5 Å². The van der Waals surface area contributed by atoms with Crippen LogP contribution in [0.4, 0.5) is 0 Å². The number of nitrogens with zero attached hydrogens (tertiary/aromatic N) is 2. The highest BCUT2D eigenvalue weighted by atomic mass is 16.5. The van der Waals surface area contributed by atoms with Crippen LogP contribution in [0.25, 0.3) is 0 Å². The summed E-state index contributed by atoms with van der Waals surface area (Å²) in [6.07, 6.45) is -0.226. The van der Waals surface area contributed by atoms with Crippen LogP contribution < -0.4 is 4.74 Å². The van der Waals surface area contributed by atoms with Gasteiger partial charge in [0.2, 0.25) is 0 Å². The summed E-state index contributed by atoms with van der Waals surface area (Å²) in [5.74, 6) is -0.931. The number of nitriles is 1. The molecule has 6 heteroatoms. The second-order valence-electron chi connectivity index (χ2n) is 4.19. The molecule has 1 aliphatic rings. The highest BCUT2D eigenvalue weighted by Crippen LogP contribution is 2.20. The summed E-state index contributed by atoms with van der Waals surface area (Å²) in [7, 11) is 0. The lowest BCUT2D eigenvalue weighted by atomic mass is 10.2. The Balaban J connectivity index is 2.02. The number of carboxylic acids is 1. The van der Waals surface area contributed by atoms with E-state index in [9.17, 15) is 9.59 Å². The Kier molecular flexibility index (Phi) is 3.66. The van der Waals surface area contributed by atoms with Crippen molar-refractivity contribution < 1.29 is 19.4 Å². The average molecular weight is 260 g/mol. The average Bonchev–Trinajstić information content (AvgIpc) is 2.71. The molecule has 1 unspecified atom stereocenters. The van der Waals surface area contributed by atoms with Crippen LogP contribution in [-0.2, 0) is 9.59 Å². The monoisotopic (exact) mass is 260 g/mol. The number of likely N-dealkylation sites (tertiary alicyclic amines) is 1. The Morgan fingerprint density at radius 3 is 3.05 bits per heavy atom. The summed E-state index contributed by atoms with van der Waals surface area (Å²) >= 11 is 0. The summed E-state index contributed by atoms with van der Waals surface area (Å²) in [4.78, 5) is 23.7. The number of carbonyl (C=O) groups excluding carboxylic acids is 1. The lowest BCUT2D eigenvalue weighted by molar-refractivity contribution is -0.144. The van der Waals surface area contributed by atoms with E-state index in [0.29, 0.717) is 24.3 Å². The van der Waals surface area contributed by atoms with E-state index in [1.54, 1.807) is 24.3 Å². The highest BCUT2D eigenvalue weighted by molar-refractivity contribution is 5.86. The number of benzene rings is 1. The molecule has 6 nitrogen and oxygen atoms in total. The van der Waals surface area contributed by atoms with Gasteiger partial charge in [0.25, 0.3) is 5.91 Å². The molecular weight excluding hydrogens is 248 g/mol. The number of rotatable bonds is 4. The van der Waals surface area contributed by atoms with Gasteiger partial charge in [0.1, 0.15) is 12.3 Å². The van der Waals surface area contributed by atoms with Crippen LogP contribution in [0.5, 0.6) is 5.75 Å². The number of ether oxygens (including phenoxy) is 1. The number of carbonyl (C=O) groups is 2. The first-order valence-corrected chi connectivity index (χ1v) is 5.77. The number of aliphatic carboxylic acids is 1. The summed E-state index contributed by atoms with van der Waals surface area (Å²) < 4.78 is 5.51. The molecule has 1 aromatic carbocycles. The van der Waals surface area contributed by atoms with Crippen LogP contribution in [0.1, 0.15) is 12.0 Å². The van der Waals surface area contributed by atoms with Gasteiger partial charge in [-0.25, -0.2) is 0 Å². The van der Waals surface area contributed by atoms with Crippen LogP contribution in [0.3, 0.4) is 0 Å². The van der Waals surface area contributed by atoms with Crippen molar-refractivity contribution in [1.29, 1.82) is 5.26 Å². The van der Waals surface area contributed by atoms with Crippen LogP contribution >= 0.6 is 0 Å². The minimum atomic E-state index is -1.04. The number of hydrogen-bond acceptors (Lipinski definition) is 4. The third kappa shape index (κ3) is 3.01. The van der Waals surface area contributed by atoms with E-state index in [1.165, 1.54) is 4.90 Å². The maximum absolute atomic E-state index is 11.9. The smallest absolute Gasteiger partial charge is 0.323 e. The van der Waals surface area contributed by atoms with Crippen molar-refractivity contribution >= 4 is 11.9 Å². The van der Waals surface area contributed by atoms with Crippen LogP contribution in [0.15, 0.2) is 24.3 Å². The number of hydrogen-bond donors (Lipinski definition) is 1. The van der Waals surface area contributed by atoms with Crippen LogP contribution in [-0.4, -0.2) is 41.1 Å². The van der Waals surface area contributed by atoms with Crippen molar-refractivity contribution in [2.45, 2.75) is 12.5 Å². The Labute approximate surface area is 109 Å². The van der Waals surface area contributed by atoms with E-state index in [0.717, 1.165) is 0 Å². The normalized spacial score (nSPS) is 18.2. The minimum Gasteiger partial charge on any atom is -0.480 e. The van der Waals surface area contributed by atoms with Gasteiger partial charge in [-0.2, -0.15) is 5.26 Å². The SMILES string of the molecule is N#Cc1cccc(OC2CCN(CC(=O)O)C2=O)c1. The fourth-order valence-electron chi connectivity index (χ4n) is 1.94. The van der Waals surface area contributed by atoms with Crippen molar-refractivity contribution in [3.05, 3.63) is 29.8 Å². The first-order valence-electron chi connectivity index (χ1n) is 5.77. The minimum absolute atomic E-state index is 0.309. The molecule has 0 bridgehead atoms. The zero-order valence-electron chi connectivity index (χ0n) is 10.1. The van der Waals surface area contributed by atoms with Gasteiger partial charge in [-0.3, -0.25) is 9.59 Å². The summed E-state index contributed by atoms with van der Waals surface area (Å²) in [6.45, 7) is 0.0602. The maximum atomic E-state index is 11.9. The second-order valence-corrected chi connectivity index (χ2v) is 4.19. The first kappa shape index (κ1) is 12.9. The molecule has 1 fully saturated rings. The Bertz CT molecular complexity index is 550. The van der Waals surface area contributed by atoms with Gasteiger partial charge < -0.3 is 14.7 Å². The molecule has 2 rings (SSSR count). The van der Waals surface area contributed by atoms with Gasteiger partial charge in [0.15, 0.2) is 6.10 Å². The third-order valence-corrected chi connectivity index (χ3v) is 2.82. The quantitative estimate of drug-likeness (QED) is 0.857. The van der Waals surface area contributed by atoms with Gasteiger partial charge in [0, 0.05) is 13.0 Å². The lowest BCUT2D eigenvalue weighted by Crippen LogP contribution is -2.35. The largest absolute Gasteiger partial charge is 0.480 e. The zero-order valence-corrected chi connectivity index (χ0v) is 10.1. The standard InChI is InChI=1S/C13H12N2O4/c14-7-9-2-1-3-10(6-9)19-11-4-5-15(13(11)18)8-12(16)17/h1-3,6,11H,4-5,8H2,(H,16,17). The summed E-state index contributed by atoms with van der Waals surface area (Å²) in [6, 6.07) is 8.50. The molecule has 0 spiro atoms. The molecular formula is C13H12N2O4. The van der Waals surface area contributed by atoms with Crippen molar-refractivity contribution in [2.75, 3.05) is 13.1 Å². The van der Waals surface area contributed by atoms with Gasteiger partial charge >= 0.3 is 5.97 Å². The van der Waals surface area contributed by atoms with Crippen LogP contribution in [0, 0.1) is 11.3 Å². The maximum Gasteiger partial charge on any atom is 0.323 e. The van der Waals surface area contributed by atoms with E-state index in [4.69, 9.17) is 15.1 Å². The summed E-state index contributed by atoms with van der Waals surface area (Å²) in [5.41, 5.74) is 0.449. The van der Waals surface area contributed by atoms with Crippen molar-refractivity contribution in [3.63, 3.8) is 0 Å². The fraction of sp³-hybridized carbons (Fsp3) is 0.308. The molecule has 0 saturated carbocycles. The molecule has 1 saturated heterocycles. The van der Waals surface area contributed by atoms with Crippen molar-refractivity contribution in [2.24, 2.45) is 0 Å². The fourth-order valence-corrected chi connectivity index (χ4v) is 1.94. The second kappa shape index (κ2) is 5.40. The Morgan fingerprint density at radius 1 is 1.58 bits per heavy atom. The molecule has 0 radical (unpaired) electrons. The van der Waals surface area contributed by atoms with Gasteiger partial charge in [0.05, 0.1) is 11.6 Å². The van der Waals surface area contributed by atoms with Crippen molar-refractivity contribution in [1.82, 2.24) is 4.90 Å². The Hall–Kier alpha value is -2.55. The predicted molar refractivity (Wildman–Crippen MR) is 64.4 cm³/mol. The Morgan fingerprint density at radius 2 is 2.37 bits per heavy atom. The van der Waals surface area contributed by atoms with E-state index < -0.39 is 12.1 Å². The van der Waals surface area contributed by atoms with Crippen LogP contribution in [0.2, 0.25) is 0 Å².